The molecule has 0 atom stereocenters. The Balaban J connectivity index is 2.36. The maximum Gasteiger partial charge on any atom is 0.236 e. The minimum absolute atomic E-state index is 0.204. The molecule has 0 aliphatic rings. The van der Waals surface area contributed by atoms with Crippen LogP contribution in [0.3, 0.4) is 0 Å². The predicted octanol–water partition coefficient (Wildman–Crippen LogP) is 2.10. The number of aromatic nitrogens is 3. The normalized spacial score (nSPS) is 11.6. The van der Waals surface area contributed by atoms with Gasteiger partial charge in [0.2, 0.25) is 9.05 Å². The van der Waals surface area contributed by atoms with Gasteiger partial charge in [-0.1, -0.05) is 6.07 Å². The van der Waals surface area contributed by atoms with Crippen molar-refractivity contribution in [1.29, 1.82) is 0 Å². The Bertz CT molecular complexity index is 628. The minimum Gasteiger partial charge on any atom is -0.223 e. The number of nitrogens with zero attached hydrogens (tertiary/aromatic N) is 3. The smallest absolute Gasteiger partial charge is 0.223 e. The van der Waals surface area contributed by atoms with Crippen molar-refractivity contribution in [2.45, 2.75) is 5.75 Å². The summed E-state index contributed by atoms with van der Waals surface area (Å²) in [4.78, 5) is 3.84. The highest BCUT2D eigenvalue weighted by atomic mass is 79.9. The van der Waals surface area contributed by atoms with Crippen LogP contribution >= 0.6 is 26.6 Å². The number of hydrogen-bond donors (Lipinski definition) is 0. The van der Waals surface area contributed by atoms with Crippen LogP contribution in [0.15, 0.2) is 35.3 Å². The summed E-state index contributed by atoms with van der Waals surface area (Å²) in [5.41, 5.74) is 1.38. The largest absolute Gasteiger partial charge is 0.236 e. The molecule has 0 fully saturated rings. The third-order valence-corrected chi connectivity index (χ3v) is 3.66. The average Bonchev–Trinajstić information content (AvgIpc) is 2.68. The second-order valence-corrected chi connectivity index (χ2v) is 6.94. The van der Waals surface area contributed by atoms with Crippen LogP contribution in [-0.4, -0.2) is 23.2 Å². The van der Waals surface area contributed by atoms with E-state index in [9.17, 15) is 8.42 Å². The Morgan fingerprint density at radius 2 is 2.18 bits per heavy atom. The zero-order valence-corrected chi connectivity index (χ0v) is 11.6. The summed E-state index contributed by atoms with van der Waals surface area (Å²) in [7, 11) is 1.64. The zero-order chi connectivity index (χ0) is 12.5. The van der Waals surface area contributed by atoms with E-state index in [2.05, 4.69) is 26.0 Å². The van der Waals surface area contributed by atoms with Gasteiger partial charge in [0.05, 0.1) is 11.4 Å². The molecule has 0 bridgehead atoms. The predicted molar refractivity (Wildman–Crippen MR) is 67.5 cm³/mol. The van der Waals surface area contributed by atoms with Crippen LogP contribution in [0.1, 0.15) is 5.56 Å². The second kappa shape index (κ2) is 4.75. The zero-order valence-electron chi connectivity index (χ0n) is 8.42. The molecule has 5 nitrogen and oxygen atoms in total. The van der Waals surface area contributed by atoms with Crippen molar-refractivity contribution in [2.24, 2.45) is 0 Å². The van der Waals surface area contributed by atoms with Gasteiger partial charge < -0.3 is 0 Å². The second-order valence-electron chi connectivity index (χ2n) is 3.31. The quantitative estimate of drug-likeness (QED) is 0.805. The molecule has 0 N–H and O–H groups in total. The van der Waals surface area contributed by atoms with Crippen LogP contribution < -0.4 is 0 Å². The van der Waals surface area contributed by atoms with Crippen molar-refractivity contribution in [3.8, 4) is 5.69 Å². The van der Waals surface area contributed by atoms with Crippen LogP contribution in [0.4, 0.5) is 0 Å². The topological polar surface area (TPSA) is 64.8 Å². The van der Waals surface area contributed by atoms with E-state index in [1.807, 2.05) is 0 Å². The molecule has 0 aliphatic heterocycles. The van der Waals surface area contributed by atoms with Crippen molar-refractivity contribution in [3.05, 3.63) is 40.9 Å². The van der Waals surface area contributed by atoms with Crippen LogP contribution in [0.25, 0.3) is 5.69 Å². The van der Waals surface area contributed by atoms with E-state index >= 15 is 0 Å². The third-order valence-electron chi connectivity index (χ3n) is 2.02. The maximum absolute atomic E-state index is 10.9. The monoisotopic (exact) mass is 335 g/mol. The van der Waals surface area contributed by atoms with E-state index in [0.717, 1.165) is 10.2 Å². The molecule has 0 spiro atoms. The molecule has 2 aromatic rings. The molecular weight excluding hydrogens is 330 g/mol. The number of rotatable bonds is 3. The van der Waals surface area contributed by atoms with Crippen LogP contribution in [0, 0.1) is 0 Å². The number of benzene rings is 1. The van der Waals surface area contributed by atoms with E-state index < -0.39 is 9.05 Å². The lowest BCUT2D eigenvalue weighted by molar-refractivity contribution is 0.609. The first-order valence-electron chi connectivity index (χ1n) is 4.51. The molecule has 0 amide bonds. The molecule has 90 valence electrons. The van der Waals surface area contributed by atoms with Gasteiger partial charge in [0, 0.05) is 15.2 Å². The molecule has 8 heteroatoms. The minimum atomic E-state index is -3.54. The molecule has 1 aromatic carbocycles. The Hall–Kier alpha value is -0.920. The summed E-state index contributed by atoms with van der Waals surface area (Å²) >= 11 is 3.35. The van der Waals surface area contributed by atoms with Crippen molar-refractivity contribution >= 4 is 35.7 Å². The maximum atomic E-state index is 10.9. The standard InChI is InChI=1S/C9H7BrClN3O2S/c10-8-3-7(4-17(11,15)16)1-2-9(8)14-6-12-5-13-14/h1-3,5-6H,4H2. The van der Waals surface area contributed by atoms with Crippen LogP contribution in [0.2, 0.25) is 0 Å². The van der Waals surface area contributed by atoms with Crippen molar-refractivity contribution in [2.75, 3.05) is 0 Å². The molecule has 1 aromatic heterocycles. The van der Waals surface area contributed by atoms with E-state index in [-0.39, 0.29) is 5.75 Å². The van der Waals surface area contributed by atoms with Gasteiger partial charge in [-0.3, -0.25) is 0 Å². The molecule has 0 aliphatic carbocycles. The number of hydrogen-bond acceptors (Lipinski definition) is 4. The molecule has 1 heterocycles. The molecule has 0 saturated heterocycles. The van der Waals surface area contributed by atoms with E-state index in [1.54, 1.807) is 29.2 Å². The Kier molecular flexibility index (Phi) is 3.50. The summed E-state index contributed by atoms with van der Waals surface area (Å²) in [5.74, 6) is -0.204. The van der Waals surface area contributed by atoms with Crippen molar-refractivity contribution in [1.82, 2.24) is 14.8 Å². The molecule has 0 saturated carbocycles. The summed E-state index contributed by atoms with van der Waals surface area (Å²) < 4.78 is 24.2. The molecule has 0 radical (unpaired) electrons. The van der Waals surface area contributed by atoms with Gasteiger partial charge in [0.1, 0.15) is 12.7 Å². The first-order chi connectivity index (χ1) is 7.96. The Morgan fingerprint density at radius 3 is 2.71 bits per heavy atom. The summed E-state index contributed by atoms with van der Waals surface area (Å²) in [6.45, 7) is 0. The number of halogens is 2. The van der Waals surface area contributed by atoms with Gasteiger partial charge in [-0.15, -0.1) is 0 Å². The third kappa shape index (κ3) is 3.27. The first-order valence-corrected chi connectivity index (χ1v) is 7.78. The van der Waals surface area contributed by atoms with Gasteiger partial charge in [0.25, 0.3) is 0 Å². The van der Waals surface area contributed by atoms with Gasteiger partial charge >= 0.3 is 0 Å². The lowest BCUT2D eigenvalue weighted by atomic mass is 10.2. The first kappa shape index (κ1) is 12.5. The SMILES string of the molecule is O=S(=O)(Cl)Cc1ccc(-n2cncn2)c(Br)c1. The van der Waals surface area contributed by atoms with Gasteiger partial charge in [0.15, 0.2) is 0 Å². The van der Waals surface area contributed by atoms with E-state index in [1.165, 1.54) is 6.33 Å². The molecule has 0 unspecified atom stereocenters. The lowest BCUT2D eigenvalue weighted by Crippen LogP contribution is -1.99. The van der Waals surface area contributed by atoms with E-state index in [0.29, 0.717) is 5.56 Å². The summed E-state index contributed by atoms with van der Waals surface area (Å²) in [6, 6.07) is 5.12. The Labute approximate surface area is 111 Å². The Morgan fingerprint density at radius 1 is 1.41 bits per heavy atom. The molecule has 2 rings (SSSR count). The van der Waals surface area contributed by atoms with Crippen LogP contribution in [0.5, 0.6) is 0 Å². The average molecular weight is 337 g/mol. The highest BCUT2D eigenvalue weighted by Gasteiger charge is 2.10. The van der Waals surface area contributed by atoms with E-state index in [4.69, 9.17) is 10.7 Å². The fraction of sp³-hybridized carbons (Fsp3) is 0.111. The summed E-state index contributed by atoms with van der Waals surface area (Å²) in [5, 5.41) is 3.98. The van der Waals surface area contributed by atoms with Gasteiger partial charge in [-0.2, -0.15) is 5.10 Å². The molecule has 17 heavy (non-hydrogen) atoms. The highest BCUT2D eigenvalue weighted by molar-refractivity contribution is 9.10. The van der Waals surface area contributed by atoms with Gasteiger partial charge in [-0.25, -0.2) is 18.1 Å². The molecular formula is C9H7BrClN3O2S. The van der Waals surface area contributed by atoms with Crippen molar-refractivity contribution < 1.29 is 8.42 Å². The fourth-order valence-corrected chi connectivity index (χ4v) is 2.92. The lowest BCUT2D eigenvalue weighted by Gasteiger charge is -2.05. The fourth-order valence-electron chi connectivity index (χ4n) is 1.36. The van der Waals surface area contributed by atoms with Crippen molar-refractivity contribution in [3.63, 3.8) is 0 Å². The highest BCUT2D eigenvalue weighted by Crippen LogP contribution is 2.23. The van der Waals surface area contributed by atoms with Crippen LogP contribution in [-0.2, 0) is 14.8 Å². The summed E-state index contributed by atoms with van der Waals surface area (Å²) in [6.07, 6.45) is 2.97. The van der Waals surface area contributed by atoms with Gasteiger partial charge in [-0.05, 0) is 33.6 Å².